The number of urea groups is 1. The molecule has 4 heterocycles. The summed E-state index contributed by atoms with van der Waals surface area (Å²) in [6.07, 6.45) is 1.20. The van der Waals surface area contributed by atoms with Crippen molar-refractivity contribution in [2.24, 2.45) is 5.14 Å². The Kier molecular flexibility index (Phi) is 7.63. The van der Waals surface area contributed by atoms with Crippen LogP contribution >= 0.6 is 11.6 Å². The first-order chi connectivity index (χ1) is 19.7. The average molecular weight is 621 g/mol. The van der Waals surface area contributed by atoms with E-state index in [9.17, 15) is 32.0 Å². The maximum atomic E-state index is 14.0. The number of carbonyl (C=O) groups is 3. The summed E-state index contributed by atoms with van der Waals surface area (Å²) in [6, 6.07) is 7.24. The van der Waals surface area contributed by atoms with Crippen LogP contribution in [0.5, 0.6) is 0 Å². The van der Waals surface area contributed by atoms with Crippen LogP contribution in [0.15, 0.2) is 41.3 Å². The van der Waals surface area contributed by atoms with Crippen molar-refractivity contribution in [3.63, 3.8) is 0 Å². The van der Waals surface area contributed by atoms with Crippen molar-refractivity contribution in [3.05, 3.63) is 63.0 Å². The Hall–Kier alpha value is -4.15. The number of alkyl halides is 1. The summed E-state index contributed by atoms with van der Waals surface area (Å²) < 4.78 is 38.0. The Balaban J connectivity index is 1.49. The van der Waals surface area contributed by atoms with Gasteiger partial charge in [-0.2, -0.15) is 0 Å². The molecule has 0 spiro atoms. The van der Waals surface area contributed by atoms with E-state index >= 15 is 0 Å². The van der Waals surface area contributed by atoms with Crippen molar-refractivity contribution in [3.8, 4) is 0 Å². The maximum Gasteiger partial charge on any atom is 0.326 e. The lowest BCUT2D eigenvalue weighted by Gasteiger charge is -2.42. The number of fused-ring (bicyclic) bond motifs is 1. The van der Waals surface area contributed by atoms with Crippen molar-refractivity contribution >= 4 is 56.5 Å². The molecule has 0 saturated carbocycles. The van der Waals surface area contributed by atoms with Gasteiger partial charge in [0.2, 0.25) is 15.9 Å². The van der Waals surface area contributed by atoms with Crippen LogP contribution in [0.4, 0.5) is 15.0 Å². The summed E-state index contributed by atoms with van der Waals surface area (Å²) >= 11 is 5.91. The number of pyridine rings is 1. The van der Waals surface area contributed by atoms with Crippen LogP contribution in [0.25, 0.3) is 11.2 Å². The Bertz CT molecular complexity index is 1760. The SMILES string of the molecule is CC1(F)CN(C(=O)Cn2c(=O)c(C(=O)NCc3ccc(Cl)cc3)cc3nc(N4CCN(CS(N)(=O)=O)C4=O)cnc32)C1. The lowest BCUT2D eigenvalue weighted by Crippen LogP contribution is -2.60. The molecule has 1 aromatic carbocycles. The molecular weight excluding hydrogens is 595 g/mol. The van der Waals surface area contributed by atoms with Crippen molar-refractivity contribution < 1.29 is 27.2 Å². The summed E-state index contributed by atoms with van der Waals surface area (Å²) in [7, 11) is -3.96. The van der Waals surface area contributed by atoms with Gasteiger partial charge in [-0.15, -0.1) is 0 Å². The van der Waals surface area contributed by atoms with Gasteiger partial charge in [0.25, 0.3) is 11.5 Å². The zero-order valence-corrected chi connectivity index (χ0v) is 23.9. The first kappa shape index (κ1) is 29.3. The molecule has 42 heavy (non-hydrogen) atoms. The molecule has 222 valence electrons. The number of anilines is 1. The van der Waals surface area contributed by atoms with Crippen molar-refractivity contribution in [2.75, 3.05) is 37.0 Å². The summed E-state index contributed by atoms with van der Waals surface area (Å²) in [5.74, 6) is -1.95. The van der Waals surface area contributed by atoms with Crippen molar-refractivity contribution in [2.45, 2.75) is 25.7 Å². The summed E-state index contributed by atoms with van der Waals surface area (Å²) in [6.45, 7) is 0.776. The zero-order chi connectivity index (χ0) is 30.4. The molecule has 4 amide bonds. The lowest BCUT2D eigenvalue weighted by molar-refractivity contribution is -0.144. The second-order valence-electron chi connectivity index (χ2n) is 10.3. The molecule has 2 aliphatic heterocycles. The number of nitrogens with one attached hydrogen (secondary N) is 1. The summed E-state index contributed by atoms with van der Waals surface area (Å²) in [5, 5.41) is 8.24. The monoisotopic (exact) mass is 620 g/mol. The number of carbonyl (C=O) groups excluding carboxylic acids is 3. The maximum absolute atomic E-state index is 14.0. The smallest absolute Gasteiger partial charge is 0.326 e. The van der Waals surface area contributed by atoms with Gasteiger partial charge in [-0.25, -0.2) is 32.7 Å². The highest BCUT2D eigenvalue weighted by molar-refractivity contribution is 7.89. The number of hydrogen-bond donors (Lipinski definition) is 2. The normalized spacial score (nSPS) is 16.6. The molecule has 17 heteroatoms. The third-order valence-electron chi connectivity index (χ3n) is 6.78. The van der Waals surface area contributed by atoms with Crippen LogP contribution < -0.4 is 20.9 Å². The van der Waals surface area contributed by atoms with Crippen LogP contribution in [-0.4, -0.2) is 88.3 Å². The predicted molar refractivity (Wildman–Crippen MR) is 150 cm³/mol. The standard InChI is InChI=1S/C25H26ClFN8O6S/c1-25(27)12-33(13-25)20(36)11-35-21-18(8-17(23(35)38)22(37)30-9-15-2-4-16(26)5-3-15)31-19(10-29-21)34-7-6-32(24(34)39)14-42(28,40)41/h2-5,8,10H,6-7,9,11-14H2,1H3,(H,30,37)(H2,28,40,41). The predicted octanol–water partition coefficient (Wildman–Crippen LogP) is 0.433. The molecule has 5 rings (SSSR count). The highest BCUT2D eigenvalue weighted by Crippen LogP contribution is 2.25. The van der Waals surface area contributed by atoms with Gasteiger partial charge >= 0.3 is 6.03 Å². The van der Waals surface area contributed by atoms with Crippen LogP contribution in [0.2, 0.25) is 5.02 Å². The number of nitrogens with zero attached hydrogens (tertiary/aromatic N) is 6. The van der Waals surface area contributed by atoms with Gasteiger partial charge in [0, 0.05) is 24.7 Å². The fourth-order valence-corrected chi connectivity index (χ4v) is 5.54. The Labute approximate surface area is 243 Å². The summed E-state index contributed by atoms with van der Waals surface area (Å²) in [5.41, 5.74) is -1.98. The molecule has 14 nitrogen and oxygen atoms in total. The Morgan fingerprint density at radius 3 is 2.50 bits per heavy atom. The molecule has 0 aliphatic carbocycles. The third-order valence-corrected chi connectivity index (χ3v) is 7.71. The number of amides is 4. The summed E-state index contributed by atoms with van der Waals surface area (Å²) in [4.78, 5) is 64.5. The molecule has 0 unspecified atom stereocenters. The van der Waals surface area contributed by atoms with Crippen LogP contribution in [0.3, 0.4) is 0 Å². The van der Waals surface area contributed by atoms with Crippen LogP contribution in [-0.2, 0) is 27.9 Å². The minimum absolute atomic E-state index is 0.0215. The number of benzene rings is 1. The average Bonchev–Trinajstić information content (AvgIpc) is 3.25. The Morgan fingerprint density at radius 1 is 1.17 bits per heavy atom. The molecule has 2 saturated heterocycles. The fraction of sp³-hybridized carbons (Fsp3) is 0.360. The van der Waals surface area contributed by atoms with Gasteiger partial charge in [0.15, 0.2) is 11.5 Å². The number of nitrogens with two attached hydrogens (primary N) is 1. The number of hydrogen-bond acceptors (Lipinski definition) is 8. The highest BCUT2D eigenvalue weighted by Gasteiger charge is 2.41. The number of aromatic nitrogens is 3. The van der Waals surface area contributed by atoms with E-state index in [-0.39, 0.29) is 55.3 Å². The first-order valence-electron chi connectivity index (χ1n) is 12.7. The first-order valence-corrected chi connectivity index (χ1v) is 14.8. The van der Waals surface area contributed by atoms with E-state index in [2.05, 4.69) is 15.3 Å². The van der Waals surface area contributed by atoms with Gasteiger partial charge < -0.3 is 15.1 Å². The number of halogens is 2. The van der Waals surface area contributed by atoms with E-state index in [1.165, 1.54) is 29.0 Å². The van der Waals surface area contributed by atoms with Crippen LogP contribution in [0.1, 0.15) is 22.8 Å². The molecule has 0 atom stereocenters. The number of likely N-dealkylation sites (tertiary alicyclic amines) is 1. The largest absolute Gasteiger partial charge is 0.348 e. The van der Waals surface area contributed by atoms with E-state index in [0.29, 0.717) is 5.02 Å². The minimum Gasteiger partial charge on any atom is -0.348 e. The van der Waals surface area contributed by atoms with Gasteiger partial charge in [-0.3, -0.25) is 23.9 Å². The number of rotatable bonds is 8. The molecule has 2 fully saturated rings. The molecular formula is C25H26ClFN8O6S. The molecule has 2 aliphatic rings. The fourth-order valence-electron chi connectivity index (χ4n) is 4.74. The van der Waals surface area contributed by atoms with Crippen molar-refractivity contribution in [1.29, 1.82) is 0 Å². The lowest BCUT2D eigenvalue weighted by atomic mass is 9.99. The molecule has 3 N–H and O–H groups in total. The van der Waals surface area contributed by atoms with Gasteiger partial charge in [-0.05, 0) is 30.7 Å². The van der Waals surface area contributed by atoms with Gasteiger partial charge in [0.1, 0.15) is 29.2 Å². The van der Waals surface area contributed by atoms with E-state index < -0.39 is 51.5 Å². The quantitative estimate of drug-likeness (QED) is 0.364. The third kappa shape index (κ3) is 6.19. The molecule has 0 bridgehead atoms. The highest BCUT2D eigenvalue weighted by atomic mass is 35.5. The zero-order valence-electron chi connectivity index (χ0n) is 22.3. The minimum atomic E-state index is -3.96. The van der Waals surface area contributed by atoms with Gasteiger partial charge in [0.05, 0.1) is 19.3 Å². The number of sulfonamides is 1. The van der Waals surface area contributed by atoms with Crippen molar-refractivity contribution in [1.82, 2.24) is 29.7 Å². The number of primary sulfonamides is 1. The van der Waals surface area contributed by atoms with E-state index in [0.717, 1.165) is 15.0 Å². The molecule has 0 radical (unpaired) electrons. The van der Waals surface area contributed by atoms with Gasteiger partial charge in [-0.1, -0.05) is 23.7 Å². The van der Waals surface area contributed by atoms with E-state index in [1.54, 1.807) is 24.3 Å². The molecule has 2 aromatic heterocycles. The molecule has 3 aromatic rings. The van der Waals surface area contributed by atoms with E-state index in [1.807, 2.05) is 0 Å². The van der Waals surface area contributed by atoms with E-state index in [4.69, 9.17) is 16.7 Å². The second kappa shape index (κ2) is 10.9. The van der Waals surface area contributed by atoms with Crippen LogP contribution in [0, 0.1) is 0 Å². The second-order valence-corrected chi connectivity index (χ2v) is 12.4. The topological polar surface area (TPSA) is 181 Å². The Morgan fingerprint density at radius 2 is 1.86 bits per heavy atom.